The van der Waals surface area contributed by atoms with Gasteiger partial charge in [-0.2, -0.15) is 0 Å². The molecule has 0 aliphatic heterocycles. The molecule has 6 heteroatoms. The van der Waals surface area contributed by atoms with E-state index in [0.29, 0.717) is 12.3 Å². The van der Waals surface area contributed by atoms with Crippen molar-refractivity contribution < 1.29 is 14.3 Å². The van der Waals surface area contributed by atoms with Crippen LogP contribution >= 0.6 is 0 Å². The molecular weight excluding hydrogens is 342 g/mol. The number of nitrogens with one attached hydrogen (secondary N) is 2. The van der Waals surface area contributed by atoms with Crippen LogP contribution in [-0.4, -0.2) is 36.1 Å². The van der Waals surface area contributed by atoms with Crippen LogP contribution in [0.25, 0.3) is 10.9 Å². The second-order valence-electron chi connectivity index (χ2n) is 6.15. The first-order chi connectivity index (χ1) is 13.2. The summed E-state index contributed by atoms with van der Waals surface area (Å²) >= 11 is 0. The van der Waals surface area contributed by atoms with Crippen LogP contribution in [0.5, 0.6) is 5.75 Å². The third-order valence-electron chi connectivity index (χ3n) is 4.14. The lowest BCUT2D eigenvalue weighted by atomic mass is 10.2. The summed E-state index contributed by atoms with van der Waals surface area (Å²) in [6.07, 6.45) is 2.87. The Bertz CT molecular complexity index is 890. The third-order valence-corrected chi connectivity index (χ3v) is 4.14. The summed E-state index contributed by atoms with van der Waals surface area (Å²) < 4.78 is 7.50. The fourth-order valence-electron chi connectivity index (χ4n) is 2.77. The highest BCUT2D eigenvalue weighted by molar-refractivity contribution is 5.85. The van der Waals surface area contributed by atoms with Gasteiger partial charge in [0, 0.05) is 24.8 Å². The first-order valence-corrected chi connectivity index (χ1v) is 8.97. The molecule has 3 aromatic rings. The number of fused-ring (bicyclic) bond motifs is 1. The summed E-state index contributed by atoms with van der Waals surface area (Å²) in [6.45, 7) is 1.22. The molecule has 2 N–H and O–H groups in total. The SMILES string of the molecule is O=C(CNC(=O)COc1ccccc1)NCCCn1ccc2ccccc21. The average Bonchev–Trinajstić information content (AvgIpc) is 3.12. The zero-order valence-electron chi connectivity index (χ0n) is 15.1. The highest BCUT2D eigenvalue weighted by Crippen LogP contribution is 2.15. The molecule has 0 spiro atoms. The molecule has 140 valence electrons. The number of aryl methyl sites for hydroxylation is 1. The Morgan fingerprint density at radius 1 is 0.889 bits per heavy atom. The molecule has 27 heavy (non-hydrogen) atoms. The van der Waals surface area contributed by atoms with Crippen molar-refractivity contribution in [3.63, 3.8) is 0 Å². The molecule has 0 saturated heterocycles. The predicted octanol–water partition coefficient (Wildman–Crippen LogP) is 2.34. The van der Waals surface area contributed by atoms with Crippen LogP contribution < -0.4 is 15.4 Å². The molecule has 2 amide bonds. The second kappa shape index (κ2) is 9.43. The van der Waals surface area contributed by atoms with Crippen LogP contribution in [0, 0.1) is 0 Å². The third kappa shape index (κ3) is 5.60. The van der Waals surface area contributed by atoms with Crippen molar-refractivity contribution in [2.45, 2.75) is 13.0 Å². The van der Waals surface area contributed by atoms with Gasteiger partial charge < -0.3 is 19.9 Å². The van der Waals surface area contributed by atoms with Crippen molar-refractivity contribution in [1.29, 1.82) is 0 Å². The van der Waals surface area contributed by atoms with Gasteiger partial charge in [0.25, 0.3) is 5.91 Å². The molecular formula is C21H23N3O3. The number of aromatic nitrogens is 1. The van der Waals surface area contributed by atoms with Crippen molar-refractivity contribution >= 4 is 22.7 Å². The molecule has 0 unspecified atom stereocenters. The molecule has 0 saturated carbocycles. The Balaban J connectivity index is 1.30. The van der Waals surface area contributed by atoms with Crippen LogP contribution in [-0.2, 0) is 16.1 Å². The monoisotopic (exact) mass is 365 g/mol. The van der Waals surface area contributed by atoms with E-state index in [1.54, 1.807) is 12.1 Å². The molecule has 1 aromatic heterocycles. The quantitative estimate of drug-likeness (QED) is 0.572. The molecule has 0 aliphatic rings. The van der Waals surface area contributed by atoms with Gasteiger partial charge in [0.2, 0.25) is 5.91 Å². The van der Waals surface area contributed by atoms with E-state index >= 15 is 0 Å². The Hall–Kier alpha value is -3.28. The average molecular weight is 365 g/mol. The lowest BCUT2D eigenvalue weighted by Gasteiger charge is -2.09. The van der Waals surface area contributed by atoms with Gasteiger partial charge in [-0.1, -0.05) is 36.4 Å². The normalized spacial score (nSPS) is 10.5. The van der Waals surface area contributed by atoms with Crippen molar-refractivity contribution in [3.8, 4) is 5.75 Å². The van der Waals surface area contributed by atoms with Crippen LogP contribution in [0.15, 0.2) is 66.9 Å². The van der Waals surface area contributed by atoms with Crippen molar-refractivity contribution in [2.24, 2.45) is 0 Å². The Morgan fingerprint density at radius 3 is 2.52 bits per heavy atom. The van der Waals surface area contributed by atoms with Gasteiger partial charge in [-0.3, -0.25) is 9.59 Å². The van der Waals surface area contributed by atoms with Crippen LogP contribution in [0.4, 0.5) is 0 Å². The zero-order chi connectivity index (χ0) is 18.9. The number of amides is 2. The number of hydrogen-bond donors (Lipinski definition) is 2. The highest BCUT2D eigenvalue weighted by atomic mass is 16.5. The number of carbonyl (C=O) groups is 2. The molecule has 0 bridgehead atoms. The minimum absolute atomic E-state index is 0.0521. The van der Waals surface area contributed by atoms with Gasteiger partial charge in [-0.15, -0.1) is 0 Å². The van der Waals surface area contributed by atoms with Crippen LogP contribution in [0.3, 0.4) is 0 Å². The topological polar surface area (TPSA) is 72.4 Å². The number of benzene rings is 2. The summed E-state index contributed by atoms with van der Waals surface area (Å²) in [5.41, 5.74) is 1.19. The first-order valence-electron chi connectivity index (χ1n) is 8.97. The molecule has 1 heterocycles. The summed E-state index contributed by atoms with van der Waals surface area (Å²) in [4.78, 5) is 23.5. The van der Waals surface area contributed by atoms with E-state index in [0.717, 1.165) is 13.0 Å². The molecule has 2 aromatic carbocycles. The number of carbonyl (C=O) groups excluding carboxylic acids is 2. The highest BCUT2D eigenvalue weighted by Gasteiger charge is 2.06. The first kappa shape index (κ1) is 18.5. The summed E-state index contributed by atoms with van der Waals surface area (Å²) in [6, 6.07) is 19.4. The van der Waals surface area contributed by atoms with E-state index in [2.05, 4.69) is 39.6 Å². The number of rotatable bonds is 9. The lowest BCUT2D eigenvalue weighted by molar-refractivity contribution is -0.127. The van der Waals surface area contributed by atoms with Gasteiger partial charge >= 0.3 is 0 Å². The van der Waals surface area contributed by atoms with E-state index < -0.39 is 0 Å². The maximum atomic E-state index is 11.8. The minimum atomic E-state index is -0.326. The van der Waals surface area contributed by atoms with E-state index in [4.69, 9.17) is 4.74 Å². The Labute approximate surface area is 158 Å². The maximum absolute atomic E-state index is 11.8. The fraction of sp³-hybridized carbons (Fsp3) is 0.238. The van der Waals surface area contributed by atoms with Crippen molar-refractivity contribution in [3.05, 3.63) is 66.9 Å². The smallest absolute Gasteiger partial charge is 0.258 e. The molecule has 0 radical (unpaired) electrons. The molecule has 6 nitrogen and oxygen atoms in total. The molecule has 0 aliphatic carbocycles. The van der Waals surface area contributed by atoms with Gasteiger partial charge in [-0.05, 0) is 36.1 Å². The standard InChI is InChI=1S/C21H23N3O3/c25-20(15-23-21(26)16-27-18-8-2-1-3-9-18)22-12-6-13-24-14-11-17-7-4-5-10-19(17)24/h1-5,7-11,14H,6,12-13,15-16H2,(H,22,25)(H,23,26). The number of ether oxygens (including phenoxy) is 1. The Kier molecular flexibility index (Phi) is 6.46. The summed E-state index contributed by atoms with van der Waals surface area (Å²) in [7, 11) is 0. The largest absolute Gasteiger partial charge is 0.484 e. The number of hydrogen-bond acceptors (Lipinski definition) is 3. The summed E-state index contributed by atoms with van der Waals surface area (Å²) in [5.74, 6) is 0.0860. The molecule has 0 atom stereocenters. The molecule has 3 rings (SSSR count). The zero-order valence-corrected chi connectivity index (χ0v) is 15.1. The fourth-order valence-corrected chi connectivity index (χ4v) is 2.77. The number of nitrogens with zero attached hydrogens (tertiary/aromatic N) is 1. The maximum Gasteiger partial charge on any atom is 0.258 e. The number of para-hydroxylation sites is 2. The van der Waals surface area contributed by atoms with Gasteiger partial charge in [0.15, 0.2) is 6.61 Å². The van der Waals surface area contributed by atoms with E-state index in [1.807, 2.05) is 30.3 Å². The second-order valence-corrected chi connectivity index (χ2v) is 6.15. The van der Waals surface area contributed by atoms with Gasteiger partial charge in [-0.25, -0.2) is 0 Å². The van der Waals surface area contributed by atoms with Crippen LogP contribution in [0.2, 0.25) is 0 Å². The van der Waals surface area contributed by atoms with Crippen LogP contribution in [0.1, 0.15) is 6.42 Å². The van der Waals surface area contributed by atoms with E-state index in [9.17, 15) is 9.59 Å². The predicted molar refractivity (Wildman–Crippen MR) is 105 cm³/mol. The summed E-state index contributed by atoms with van der Waals surface area (Å²) in [5, 5.41) is 6.57. The minimum Gasteiger partial charge on any atom is -0.484 e. The Morgan fingerprint density at radius 2 is 1.67 bits per heavy atom. The molecule has 0 fully saturated rings. The van der Waals surface area contributed by atoms with E-state index in [1.165, 1.54) is 10.9 Å². The van der Waals surface area contributed by atoms with Crippen molar-refractivity contribution in [1.82, 2.24) is 15.2 Å². The van der Waals surface area contributed by atoms with Gasteiger partial charge in [0.05, 0.1) is 6.54 Å². The van der Waals surface area contributed by atoms with E-state index in [-0.39, 0.29) is 25.0 Å². The van der Waals surface area contributed by atoms with Gasteiger partial charge in [0.1, 0.15) is 5.75 Å². The van der Waals surface area contributed by atoms with Crippen molar-refractivity contribution in [2.75, 3.05) is 19.7 Å². The lowest BCUT2D eigenvalue weighted by Crippen LogP contribution is -2.39.